The van der Waals surface area contributed by atoms with Crippen molar-refractivity contribution in [3.8, 4) is 0 Å². The third kappa shape index (κ3) is 3.55. The molecule has 0 N–H and O–H groups in total. The van der Waals surface area contributed by atoms with E-state index >= 15 is 0 Å². The van der Waals surface area contributed by atoms with Crippen molar-refractivity contribution in [3.05, 3.63) is 35.6 Å². The van der Waals surface area contributed by atoms with Crippen LogP contribution in [0.5, 0.6) is 0 Å². The van der Waals surface area contributed by atoms with Gasteiger partial charge in [0.2, 0.25) is 0 Å². The van der Waals surface area contributed by atoms with Gasteiger partial charge in [0.1, 0.15) is 5.82 Å². The number of ether oxygens (including phenoxy) is 1. The topological polar surface area (TPSA) is 26.3 Å². The molecular weight excluding hydrogens is 215 g/mol. The number of hydrogen-bond acceptors (Lipinski definition) is 3. The van der Waals surface area contributed by atoms with E-state index in [9.17, 15) is 9.18 Å². The summed E-state index contributed by atoms with van der Waals surface area (Å²) in [5.74, 6) is -0.281. The van der Waals surface area contributed by atoms with Crippen molar-refractivity contribution < 1.29 is 13.9 Å². The van der Waals surface area contributed by atoms with Crippen LogP contribution in [0, 0.1) is 5.82 Å². The third-order valence-electron chi connectivity index (χ3n) is 2.02. The lowest BCUT2D eigenvalue weighted by Crippen LogP contribution is -2.05. The number of halogens is 1. The number of carbonyl (C=O) groups excluding carboxylic acids is 1. The van der Waals surface area contributed by atoms with Crippen molar-refractivity contribution in [2.45, 2.75) is 12.2 Å². The lowest BCUT2D eigenvalue weighted by Gasteiger charge is -2.11. The van der Waals surface area contributed by atoms with Crippen LogP contribution in [0.15, 0.2) is 24.3 Å². The van der Waals surface area contributed by atoms with Gasteiger partial charge in [0.05, 0.1) is 12.9 Å². The molecule has 0 radical (unpaired) electrons. The maximum Gasteiger partial charge on any atom is 0.315 e. The molecule has 1 aromatic carbocycles. The molecule has 0 spiro atoms. The van der Waals surface area contributed by atoms with Crippen LogP contribution < -0.4 is 0 Å². The first kappa shape index (κ1) is 12.0. The quantitative estimate of drug-likeness (QED) is 0.741. The zero-order valence-corrected chi connectivity index (χ0v) is 9.51. The van der Waals surface area contributed by atoms with Crippen LogP contribution in [0.2, 0.25) is 0 Å². The molecule has 0 heterocycles. The van der Waals surface area contributed by atoms with Gasteiger partial charge in [-0.15, -0.1) is 11.8 Å². The lowest BCUT2D eigenvalue weighted by atomic mass is 10.1. The molecule has 1 rings (SSSR count). The summed E-state index contributed by atoms with van der Waals surface area (Å²) in [5, 5.41) is -0.0506. The molecule has 1 unspecified atom stereocenters. The Balaban J connectivity index is 2.57. The average Bonchev–Trinajstić information content (AvgIpc) is 2.26. The van der Waals surface area contributed by atoms with E-state index in [1.807, 2.05) is 6.92 Å². The Morgan fingerprint density at radius 2 is 2.20 bits per heavy atom. The minimum Gasteiger partial charge on any atom is -0.468 e. The lowest BCUT2D eigenvalue weighted by molar-refractivity contribution is -0.137. The third-order valence-corrected chi connectivity index (χ3v) is 3.18. The van der Waals surface area contributed by atoms with Crippen molar-refractivity contribution in [3.63, 3.8) is 0 Å². The van der Waals surface area contributed by atoms with Crippen LogP contribution in [0.3, 0.4) is 0 Å². The standard InChI is InChI=1S/C11H13FO2S/c1-8(15-7-11(13)14-2)9-5-3-4-6-10(9)12/h3-6,8H,7H2,1-2H3. The molecular formula is C11H13FO2S. The Kier molecular flexibility index (Phi) is 4.62. The van der Waals surface area contributed by atoms with E-state index in [2.05, 4.69) is 4.74 Å². The van der Waals surface area contributed by atoms with E-state index in [0.717, 1.165) is 0 Å². The van der Waals surface area contributed by atoms with Gasteiger partial charge >= 0.3 is 5.97 Å². The Bertz CT molecular complexity index is 341. The summed E-state index contributed by atoms with van der Waals surface area (Å²) >= 11 is 1.36. The van der Waals surface area contributed by atoms with Crippen molar-refractivity contribution in [1.29, 1.82) is 0 Å². The zero-order valence-electron chi connectivity index (χ0n) is 8.70. The van der Waals surface area contributed by atoms with Crippen LogP contribution >= 0.6 is 11.8 Å². The molecule has 1 atom stereocenters. The predicted molar refractivity (Wildman–Crippen MR) is 59.3 cm³/mol. The molecule has 0 aliphatic rings. The SMILES string of the molecule is COC(=O)CSC(C)c1ccccc1F. The fourth-order valence-corrected chi connectivity index (χ4v) is 2.02. The first-order valence-electron chi connectivity index (χ1n) is 4.58. The highest BCUT2D eigenvalue weighted by atomic mass is 32.2. The summed E-state index contributed by atoms with van der Waals surface area (Å²) < 4.78 is 17.8. The largest absolute Gasteiger partial charge is 0.468 e. The van der Waals surface area contributed by atoms with Crippen LogP contribution in [0.4, 0.5) is 4.39 Å². The average molecular weight is 228 g/mol. The second-order valence-corrected chi connectivity index (χ2v) is 4.38. The van der Waals surface area contributed by atoms with Gasteiger partial charge in [-0.25, -0.2) is 4.39 Å². The monoisotopic (exact) mass is 228 g/mol. The molecule has 0 aliphatic carbocycles. The molecule has 0 saturated carbocycles. The van der Waals surface area contributed by atoms with Crippen molar-refractivity contribution >= 4 is 17.7 Å². The number of hydrogen-bond donors (Lipinski definition) is 0. The number of carbonyl (C=O) groups is 1. The molecule has 0 aliphatic heterocycles. The molecule has 0 fully saturated rings. The van der Waals surface area contributed by atoms with Crippen LogP contribution in [-0.4, -0.2) is 18.8 Å². The van der Waals surface area contributed by atoms with Crippen LogP contribution in [-0.2, 0) is 9.53 Å². The van der Waals surface area contributed by atoms with Gasteiger partial charge in [0, 0.05) is 10.8 Å². The van der Waals surface area contributed by atoms with Gasteiger partial charge in [-0.05, 0) is 13.0 Å². The summed E-state index contributed by atoms with van der Waals surface area (Å²) in [6.45, 7) is 1.87. The van der Waals surface area contributed by atoms with E-state index in [-0.39, 0.29) is 22.8 Å². The summed E-state index contributed by atoms with van der Waals surface area (Å²) in [6, 6.07) is 6.58. The molecule has 0 amide bonds. The van der Waals surface area contributed by atoms with Crippen LogP contribution in [0.25, 0.3) is 0 Å². The van der Waals surface area contributed by atoms with E-state index in [1.54, 1.807) is 18.2 Å². The zero-order chi connectivity index (χ0) is 11.3. The maximum absolute atomic E-state index is 13.3. The minimum atomic E-state index is -0.289. The van der Waals surface area contributed by atoms with Crippen molar-refractivity contribution in [1.82, 2.24) is 0 Å². The highest BCUT2D eigenvalue weighted by molar-refractivity contribution is 8.00. The first-order chi connectivity index (χ1) is 7.15. The number of thioether (sulfide) groups is 1. The normalized spacial score (nSPS) is 12.2. The minimum absolute atomic E-state index is 0.0506. The van der Waals surface area contributed by atoms with E-state index in [4.69, 9.17) is 0 Å². The predicted octanol–water partition coefficient (Wildman–Crippen LogP) is 2.79. The van der Waals surface area contributed by atoms with Gasteiger partial charge in [0.15, 0.2) is 0 Å². The second kappa shape index (κ2) is 5.75. The summed E-state index contributed by atoms with van der Waals surface area (Å²) in [7, 11) is 1.34. The Morgan fingerprint density at radius 3 is 2.80 bits per heavy atom. The van der Waals surface area contributed by atoms with Crippen molar-refractivity contribution in [2.75, 3.05) is 12.9 Å². The number of benzene rings is 1. The molecule has 0 aromatic heterocycles. The molecule has 0 bridgehead atoms. The van der Waals surface area contributed by atoms with Crippen LogP contribution in [0.1, 0.15) is 17.7 Å². The Hall–Kier alpha value is -1.03. The van der Waals surface area contributed by atoms with Gasteiger partial charge in [-0.1, -0.05) is 18.2 Å². The summed E-state index contributed by atoms with van der Waals surface area (Å²) in [6.07, 6.45) is 0. The Labute approximate surface area is 92.8 Å². The molecule has 4 heteroatoms. The van der Waals surface area contributed by atoms with Gasteiger partial charge in [-0.2, -0.15) is 0 Å². The molecule has 2 nitrogen and oxygen atoms in total. The highest BCUT2D eigenvalue weighted by Crippen LogP contribution is 2.29. The molecule has 1 aromatic rings. The molecule has 15 heavy (non-hydrogen) atoms. The summed E-state index contributed by atoms with van der Waals surface area (Å²) in [5.41, 5.74) is 0.617. The van der Waals surface area contributed by atoms with Gasteiger partial charge < -0.3 is 4.74 Å². The highest BCUT2D eigenvalue weighted by Gasteiger charge is 2.12. The van der Waals surface area contributed by atoms with E-state index < -0.39 is 0 Å². The number of methoxy groups -OCH3 is 1. The maximum atomic E-state index is 13.3. The fourth-order valence-electron chi connectivity index (χ4n) is 1.15. The summed E-state index contributed by atoms with van der Waals surface area (Å²) in [4.78, 5) is 10.9. The number of esters is 1. The first-order valence-corrected chi connectivity index (χ1v) is 5.63. The van der Waals surface area contributed by atoms with E-state index in [0.29, 0.717) is 5.56 Å². The number of rotatable bonds is 4. The smallest absolute Gasteiger partial charge is 0.315 e. The van der Waals surface area contributed by atoms with E-state index in [1.165, 1.54) is 24.9 Å². The molecule has 82 valence electrons. The second-order valence-electron chi connectivity index (χ2n) is 3.05. The fraction of sp³-hybridized carbons (Fsp3) is 0.364. The molecule has 0 saturated heterocycles. The Morgan fingerprint density at radius 1 is 1.53 bits per heavy atom. The van der Waals surface area contributed by atoms with Gasteiger partial charge in [0.25, 0.3) is 0 Å². The van der Waals surface area contributed by atoms with Crippen molar-refractivity contribution in [2.24, 2.45) is 0 Å². The van der Waals surface area contributed by atoms with Gasteiger partial charge in [-0.3, -0.25) is 4.79 Å².